The van der Waals surface area contributed by atoms with Gasteiger partial charge < -0.3 is 10.5 Å². The van der Waals surface area contributed by atoms with Crippen LogP contribution in [0.1, 0.15) is 24.2 Å². The van der Waals surface area contributed by atoms with Crippen LogP contribution in [0.15, 0.2) is 16.8 Å². The predicted molar refractivity (Wildman–Crippen MR) is 69.8 cm³/mol. The lowest BCUT2D eigenvalue weighted by atomic mass is 10.1. The second-order valence-electron chi connectivity index (χ2n) is 3.53. The van der Waals surface area contributed by atoms with Crippen LogP contribution in [0.3, 0.4) is 0 Å². The Labute approximate surface area is 104 Å². The highest BCUT2D eigenvalue weighted by Gasteiger charge is 2.17. The molecule has 90 valence electrons. The summed E-state index contributed by atoms with van der Waals surface area (Å²) in [4.78, 5) is 11.0. The van der Waals surface area contributed by atoms with Crippen LogP contribution in [-0.2, 0) is 9.53 Å². The first-order chi connectivity index (χ1) is 7.65. The highest BCUT2D eigenvalue weighted by molar-refractivity contribution is 7.99. The second kappa shape index (κ2) is 6.93. The fourth-order valence-corrected chi connectivity index (χ4v) is 3.32. The van der Waals surface area contributed by atoms with Gasteiger partial charge in [-0.1, -0.05) is 0 Å². The first-order valence-corrected chi connectivity index (χ1v) is 7.10. The van der Waals surface area contributed by atoms with E-state index in [1.165, 1.54) is 12.7 Å². The number of thioether (sulfide) groups is 1. The van der Waals surface area contributed by atoms with Crippen LogP contribution in [0.2, 0.25) is 0 Å². The number of ether oxygens (including phenoxy) is 1. The largest absolute Gasteiger partial charge is 0.469 e. The molecule has 0 radical (unpaired) electrons. The van der Waals surface area contributed by atoms with Gasteiger partial charge in [-0.2, -0.15) is 23.1 Å². The van der Waals surface area contributed by atoms with Crippen LogP contribution in [0, 0.1) is 0 Å². The zero-order chi connectivity index (χ0) is 12.0. The summed E-state index contributed by atoms with van der Waals surface area (Å²) in [5.41, 5.74) is 7.19. The zero-order valence-electron chi connectivity index (χ0n) is 9.51. The molecule has 0 aliphatic carbocycles. The van der Waals surface area contributed by atoms with E-state index in [4.69, 9.17) is 5.73 Å². The minimum absolute atomic E-state index is 0.0808. The monoisotopic (exact) mass is 259 g/mol. The summed E-state index contributed by atoms with van der Waals surface area (Å²) in [7, 11) is 1.41. The van der Waals surface area contributed by atoms with E-state index in [0.29, 0.717) is 6.42 Å². The van der Waals surface area contributed by atoms with Crippen molar-refractivity contribution in [1.29, 1.82) is 0 Å². The van der Waals surface area contributed by atoms with Crippen molar-refractivity contribution in [2.24, 2.45) is 5.73 Å². The molecule has 2 N–H and O–H groups in total. The smallest absolute Gasteiger partial charge is 0.306 e. The summed E-state index contributed by atoms with van der Waals surface area (Å²) in [6.45, 7) is 1.99. The molecule has 3 nitrogen and oxygen atoms in total. The van der Waals surface area contributed by atoms with Crippen molar-refractivity contribution in [1.82, 2.24) is 0 Å². The van der Waals surface area contributed by atoms with Gasteiger partial charge in [0.1, 0.15) is 0 Å². The molecule has 1 heterocycles. The highest BCUT2D eigenvalue weighted by atomic mass is 32.2. The van der Waals surface area contributed by atoms with E-state index in [9.17, 15) is 4.79 Å². The first kappa shape index (κ1) is 13.5. The van der Waals surface area contributed by atoms with E-state index in [-0.39, 0.29) is 17.3 Å². The fraction of sp³-hybridized carbons (Fsp3) is 0.545. The van der Waals surface area contributed by atoms with Gasteiger partial charge in [0.15, 0.2) is 0 Å². The molecule has 0 spiro atoms. The van der Waals surface area contributed by atoms with E-state index < -0.39 is 0 Å². The molecule has 2 unspecified atom stereocenters. The van der Waals surface area contributed by atoms with E-state index in [1.807, 2.05) is 12.3 Å². The van der Waals surface area contributed by atoms with Gasteiger partial charge >= 0.3 is 5.97 Å². The molecule has 0 saturated heterocycles. The number of rotatable bonds is 6. The van der Waals surface area contributed by atoms with E-state index in [1.54, 1.807) is 23.1 Å². The van der Waals surface area contributed by atoms with Gasteiger partial charge in [-0.25, -0.2) is 0 Å². The second-order valence-corrected chi connectivity index (χ2v) is 5.56. The molecule has 1 aromatic heterocycles. The molecule has 0 aliphatic rings. The minimum Gasteiger partial charge on any atom is -0.469 e. The van der Waals surface area contributed by atoms with Crippen LogP contribution in [0.5, 0.6) is 0 Å². The summed E-state index contributed by atoms with van der Waals surface area (Å²) in [6.07, 6.45) is 0.439. The maximum absolute atomic E-state index is 11.0. The van der Waals surface area contributed by atoms with Gasteiger partial charge in [-0.3, -0.25) is 4.79 Å². The molecule has 0 bridgehead atoms. The van der Waals surface area contributed by atoms with Crippen LogP contribution >= 0.6 is 23.1 Å². The number of nitrogens with two attached hydrogens (primary N) is 1. The Morgan fingerprint density at radius 1 is 1.69 bits per heavy atom. The number of esters is 1. The van der Waals surface area contributed by atoms with Gasteiger partial charge in [0.05, 0.1) is 13.5 Å². The summed E-state index contributed by atoms with van der Waals surface area (Å²) in [5.74, 6) is 0.579. The number of methoxy groups -OCH3 is 1. The van der Waals surface area contributed by atoms with Gasteiger partial charge in [0, 0.05) is 17.0 Å². The lowest BCUT2D eigenvalue weighted by Gasteiger charge is -2.19. The molecular formula is C11H17NO2S2. The third kappa shape index (κ3) is 4.15. The Kier molecular flexibility index (Phi) is 5.87. The first-order valence-electron chi connectivity index (χ1n) is 5.11. The quantitative estimate of drug-likeness (QED) is 0.797. The average Bonchev–Trinajstić information content (AvgIpc) is 2.76. The third-order valence-corrected chi connectivity index (χ3v) is 4.38. The van der Waals surface area contributed by atoms with Crippen molar-refractivity contribution in [3.8, 4) is 0 Å². The van der Waals surface area contributed by atoms with Crippen molar-refractivity contribution in [2.45, 2.75) is 24.6 Å². The molecule has 1 aromatic rings. The van der Waals surface area contributed by atoms with Crippen molar-refractivity contribution >= 4 is 29.1 Å². The molecule has 16 heavy (non-hydrogen) atoms. The predicted octanol–water partition coefficient (Wildman–Crippen LogP) is 2.43. The third-order valence-electron chi connectivity index (χ3n) is 2.18. The van der Waals surface area contributed by atoms with E-state index in [0.717, 1.165) is 5.75 Å². The minimum atomic E-state index is -0.166. The van der Waals surface area contributed by atoms with Crippen molar-refractivity contribution in [3.63, 3.8) is 0 Å². The topological polar surface area (TPSA) is 52.3 Å². The Morgan fingerprint density at radius 2 is 2.44 bits per heavy atom. The van der Waals surface area contributed by atoms with E-state index in [2.05, 4.69) is 16.2 Å². The molecule has 0 saturated carbocycles. The highest BCUT2D eigenvalue weighted by Crippen LogP contribution is 2.32. The molecule has 2 atom stereocenters. The van der Waals surface area contributed by atoms with Crippen LogP contribution in [-0.4, -0.2) is 24.9 Å². The van der Waals surface area contributed by atoms with Gasteiger partial charge in [-0.15, -0.1) is 0 Å². The van der Waals surface area contributed by atoms with Gasteiger partial charge in [0.2, 0.25) is 0 Å². The maximum atomic E-state index is 11.0. The fourth-order valence-electron chi connectivity index (χ4n) is 1.36. The standard InChI is InChI=1S/C11H17NO2S2/c1-8(12)11(9-3-5-15-7-9)16-6-4-10(13)14-2/h3,5,7-8,11H,4,6,12H2,1-2H3. The van der Waals surface area contributed by atoms with Crippen molar-refractivity contribution < 1.29 is 9.53 Å². The molecule has 5 heteroatoms. The molecule has 0 fully saturated rings. The molecule has 1 rings (SSSR count). The van der Waals surface area contributed by atoms with E-state index >= 15 is 0 Å². The molecular weight excluding hydrogens is 242 g/mol. The van der Waals surface area contributed by atoms with Gasteiger partial charge in [0.25, 0.3) is 0 Å². The number of carbonyl (C=O) groups excluding carboxylic acids is 1. The Morgan fingerprint density at radius 3 is 2.94 bits per heavy atom. The number of hydrogen-bond donors (Lipinski definition) is 1. The Hall–Kier alpha value is -0.520. The zero-order valence-corrected chi connectivity index (χ0v) is 11.1. The lowest BCUT2D eigenvalue weighted by molar-refractivity contribution is -0.140. The summed E-state index contributed by atoms with van der Waals surface area (Å²) in [5, 5.41) is 4.42. The van der Waals surface area contributed by atoms with Crippen molar-refractivity contribution in [2.75, 3.05) is 12.9 Å². The molecule has 0 aromatic carbocycles. The molecule has 0 amide bonds. The maximum Gasteiger partial charge on any atom is 0.306 e. The van der Waals surface area contributed by atoms with Crippen LogP contribution in [0.25, 0.3) is 0 Å². The van der Waals surface area contributed by atoms with Crippen LogP contribution in [0.4, 0.5) is 0 Å². The average molecular weight is 259 g/mol. The number of carbonyl (C=O) groups is 1. The lowest BCUT2D eigenvalue weighted by Crippen LogP contribution is -2.22. The summed E-state index contributed by atoms with van der Waals surface area (Å²) in [6, 6.07) is 2.17. The summed E-state index contributed by atoms with van der Waals surface area (Å²) < 4.78 is 4.60. The summed E-state index contributed by atoms with van der Waals surface area (Å²) >= 11 is 3.38. The number of thiophene rings is 1. The number of hydrogen-bond acceptors (Lipinski definition) is 5. The van der Waals surface area contributed by atoms with Crippen LogP contribution < -0.4 is 5.73 Å². The SMILES string of the molecule is COC(=O)CCSC(c1ccsc1)C(C)N. The van der Waals surface area contributed by atoms with Crippen molar-refractivity contribution in [3.05, 3.63) is 22.4 Å². The molecule has 0 aliphatic heterocycles. The Balaban J connectivity index is 2.44. The normalized spacial score (nSPS) is 14.4. The Bertz CT molecular complexity index is 312. The van der Waals surface area contributed by atoms with Gasteiger partial charge in [-0.05, 0) is 29.3 Å².